The van der Waals surface area contributed by atoms with Crippen LogP contribution in [-0.4, -0.2) is 32.1 Å². The van der Waals surface area contributed by atoms with Gasteiger partial charge in [-0.1, -0.05) is 18.1 Å². The zero-order valence-corrected chi connectivity index (χ0v) is 10.0. The van der Waals surface area contributed by atoms with E-state index in [1.807, 2.05) is 0 Å². The molecule has 0 saturated carbocycles. The molecule has 0 unspecified atom stereocenters. The van der Waals surface area contributed by atoms with Crippen LogP contribution in [-0.2, 0) is 9.53 Å². The van der Waals surface area contributed by atoms with E-state index in [1.165, 1.54) is 7.11 Å². The number of nitrogens with one attached hydrogen (secondary N) is 2. The topological polar surface area (TPSA) is 67.4 Å². The highest BCUT2D eigenvalue weighted by Gasteiger charge is 2.12. The Kier molecular flexibility index (Phi) is 5.42. The highest BCUT2D eigenvalue weighted by molar-refractivity contribution is 6.01. The quantitative estimate of drug-likeness (QED) is 0.454. The average molecular weight is 246 g/mol. The van der Waals surface area contributed by atoms with Crippen molar-refractivity contribution in [3.8, 4) is 12.3 Å². The number of methoxy groups -OCH3 is 1. The average Bonchev–Trinajstić information content (AvgIpc) is 2.39. The molecular weight excluding hydrogens is 232 g/mol. The molecule has 1 aromatic carbocycles. The number of esters is 1. The number of benzene rings is 1. The second kappa shape index (κ2) is 7.09. The molecule has 0 aliphatic carbocycles. The van der Waals surface area contributed by atoms with Crippen LogP contribution in [0.2, 0.25) is 0 Å². The first-order valence-electron chi connectivity index (χ1n) is 5.30. The Morgan fingerprint density at radius 2 is 2.11 bits per heavy atom. The van der Waals surface area contributed by atoms with Crippen molar-refractivity contribution in [3.63, 3.8) is 0 Å². The number of hydrogen-bond acceptors (Lipinski definition) is 4. The Hall–Kier alpha value is -2.32. The van der Waals surface area contributed by atoms with Gasteiger partial charge in [0.25, 0.3) is 0 Å². The van der Waals surface area contributed by atoms with E-state index in [0.29, 0.717) is 17.8 Å². The molecule has 0 aliphatic rings. The minimum atomic E-state index is -0.498. The molecule has 2 N–H and O–H groups in total. The standard InChI is InChI=1S/C13H14N2O3/c1-3-8-14-9-12(16)15-11-7-5-4-6-10(11)13(17)18-2/h1,4-7,14H,8-9H2,2H3,(H,15,16). The number of amides is 1. The Balaban J connectivity index is 2.70. The number of terminal acetylenes is 1. The molecular formula is C13H14N2O3. The molecule has 0 radical (unpaired) electrons. The van der Waals surface area contributed by atoms with Crippen LogP contribution in [0.25, 0.3) is 0 Å². The van der Waals surface area contributed by atoms with Crippen LogP contribution in [0.15, 0.2) is 24.3 Å². The van der Waals surface area contributed by atoms with E-state index in [1.54, 1.807) is 24.3 Å². The Bertz CT molecular complexity index is 477. The summed E-state index contributed by atoms with van der Waals surface area (Å²) in [4.78, 5) is 23.0. The summed E-state index contributed by atoms with van der Waals surface area (Å²) in [6.45, 7) is 0.395. The van der Waals surface area contributed by atoms with Crippen molar-refractivity contribution in [1.29, 1.82) is 0 Å². The van der Waals surface area contributed by atoms with Crippen LogP contribution in [0, 0.1) is 12.3 Å². The molecule has 0 spiro atoms. The van der Waals surface area contributed by atoms with E-state index < -0.39 is 5.97 Å². The number of ether oxygens (including phenoxy) is 1. The molecule has 5 nitrogen and oxygen atoms in total. The Labute approximate surface area is 106 Å². The lowest BCUT2D eigenvalue weighted by molar-refractivity contribution is -0.115. The number of anilines is 1. The van der Waals surface area contributed by atoms with Crippen molar-refractivity contribution >= 4 is 17.6 Å². The molecule has 1 aromatic rings. The predicted octanol–water partition coefficient (Wildman–Crippen LogP) is 0.634. The largest absolute Gasteiger partial charge is 0.465 e. The third-order valence-corrected chi connectivity index (χ3v) is 2.12. The molecule has 0 aromatic heterocycles. The van der Waals surface area contributed by atoms with Crippen molar-refractivity contribution in [1.82, 2.24) is 5.32 Å². The monoisotopic (exact) mass is 246 g/mol. The number of hydrogen-bond donors (Lipinski definition) is 2. The fourth-order valence-corrected chi connectivity index (χ4v) is 1.32. The molecule has 1 amide bonds. The summed E-state index contributed by atoms with van der Waals surface area (Å²) in [5.41, 5.74) is 0.724. The van der Waals surface area contributed by atoms with Crippen LogP contribution in [0.1, 0.15) is 10.4 Å². The molecule has 0 fully saturated rings. The SMILES string of the molecule is C#CCNCC(=O)Nc1ccccc1C(=O)OC. The molecule has 0 saturated heterocycles. The molecule has 1 rings (SSSR count). The first-order valence-corrected chi connectivity index (χ1v) is 5.30. The fourth-order valence-electron chi connectivity index (χ4n) is 1.32. The summed E-state index contributed by atoms with van der Waals surface area (Å²) in [5, 5.41) is 5.37. The normalized spacial score (nSPS) is 9.33. The second-order valence-electron chi connectivity index (χ2n) is 3.39. The predicted molar refractivity (Wildman–Crippen MR) is 68.1 cm³/mol. The van der Waals surface area contributed by atoms with E-state index in [4.69, 9.17) is 6.42 Å². The second-order valence-corrected chi connectivity index (χ2v) is 3.39. The zero-order chi connectivity index (χ0) is 13.4. The van der Waals surface area contributed by atoms with Gasteiger partial charge < -0.3 is 10.1 Å². The summed E-state index contributed by atoms with van der Waals surface area (Å²) in [5.74, 6) is 1.59. The van der Waals surface area contributed by atoms with Crippen molar-refractivity contribution in [3.05, 3.63) is 29.8 Å². The van der Waals surface area contributed by atoms with Crippen molar-refractivity contribution in [2.45, 2.75) is 0 Å². The lowest BCUT2D eigenvalue weighted by Crippen LogP contribution is -2.28. The van der Waals surface area contributed by atoms with Gasteiger partial charge in [-0.15, -0.1) is 6.42 Å². The highest BCUT2D eigenvalue weighted by Crippen LogP contribution is 2.15. The third-order valence-electron chi connectivity index (χ3n) is 2.12. The van der Waals surface area contributed by atoms with Gasteiger partial charge >= 0.3 is 5.97 Å². The summed E-state index contributed by atoms with van der Waals surface area (Å²) in [6.07, 6.45) is 5.04. The number of carbonyl (C=O) groups excluding carboxylic acids is 2. The van der Waals surface area contributed by atoms with Crippen molar-refractivity contribution in [2.24, 2.45) is 0 Å². The molecule has 5 heteroatoms. The number of carbonyl (C=O) groups is 2. The van der Waals surface area contributed by atoms with Gasteiger partial charge in [0.15, 0.2) is 0 Å². The fraction of sp³-hybridized carbons (Fsp3) is 0.231. The maximum atomic E-state index is 11.6. The van der Waals surface area contributed by atoms with Crippen LogP contribution in [0.5, 0.6) is 0 Å². The molecule has 0 heterocycles. The zero-order valence-electron chi connectivity index (χ0n) is 10.0. The molecule has 94 valence electrons. The Morgan fingerprint density at radius 1 is 1.39 bits per heavy atom. The number of para-hydroxylation sites is 1. The first kappa shape index (κ1) is 13.7. The van der Waals surface area contributed by atoms with Gasteiger partial charge in [0.2, 0.25) is 5.91 Å². The molecule has 0 atom stereocenters. The van der Waals surface area contributed by atoms with Gasteiger partial charge in [-0.05, 0) is 12.1 Å². The van der Waals surface area contributed by atoms with Crippen LogP contribution in [0.3, 0.4) is 0 Å². The molecule has 0 bridgehead atoms. The first-order chi connectivity index (χ1) is 8.69. The van der Waals surface area contributed by atoms with Crippen LogP contribution >= 0.6 is 0 Å². The van der Waals surface area contributed by atoms with Gasteiger partial charge in [0.1, 0.15) is 0 Å². The van der Waals surface area contributed by atoms with E-state index in [0.717, 1.165) is 0 Å². The van der Waals surface area contributed by atoms with Crippen LogP contribution < -0.4 is 10.6 Å². The lowest BCUT2D eigenvalue weighted by Gasteiger charge is -2.09. The van der Waals surface area contributed by atoms with Crippen LogP contribution in [0.4, 0.5) is 5.69 Å². The minimum absolute atomic E-state index is 0.0830. The smallest absolute Gasteiger partial charge is 0.339 e. The minimum Gasteiger partial charge on any atom is -0.465 e. The van der Waals surface area contributed by atoms with Gasteiger partial charge in [-0.25, -0.2) is 4.79 Å². The third kappa shape index (κ3) is 3.92. The lowest BCUT2D eigenvalue weighted by atomic mass is 10.2. The Morgan fingerprint density at radius 3 is 2.78 bits per heavy atom. The molecule has 18 heavy (non-hydrogen) atoms. The maximum absolute atomic E-state index is 11.6. The maximum Gasteiger partial charge on any atom is 0.339 e. The molecule has 0 aliphatic heterocycles. The number of rotatable bonds is 5. The van der Waals surface area contributed by atoms with Gasteiger partial charge in [0.05, 0.1) is 31.5 Å². The van der Waals surface area contributed by atoms with E-state index in [9.17, 15) is 9.59 Å². The summed E-state index contributed by atoms with van der Waals surface area (Å²) in [7, 11) is 1.29. The van der Waals surface area contributed by atoms with Crippen molar-refractivity contribution in [2.75, 3.05) is 25.5 Å². The van der Waals surface area contributed by atoms with E-state index in [-0.39, 0.29) is 12.5 Å². The summed E-state index contributed by atoms with van der Waals surface area (Å²) < 4.78 is 4.62. The summed E-state index contributed by atoms with van der Waals surface area (Å²) >= 11 is 0. The van der Waals surface area contributed by atoms with Gasteiger partial charge in [0, 0.05) is 0 Å². The highest BCUT2D eigenvalue weighted by atomic mass is 16.5. The van der Waals surface area contributed by atoms with Crippen molar-refractivity contribution < 1.29 is 14.3 Å². The van der Waals surface area contributed by atoms with E-state index in [2.05, 4.69) is 21.3 Å². The van der Waals surface area contributed by atoms with E-state index >= 15 is 0 Å². The van der Waals surface area contributed by atoms with Gasteiger partial charge in [-0.3, -0.25) is 10.1 Å². The van der Waals surface area contributed by atoms with Gasteiger partial charge in [-0.2, -0.15) is 0 Å². The summed E-state index contributed by atoms with van der Waals surface area (Å²) in [6, 6.07) is 6.62.